The normalized spacial score (nSPS) is 16.7. The SMILES string of the molecule is CC(C)CCOC(=O)CC1C(=O)NCCN1C(=O)COc1ccc(Br)cc1Cl. The van der Waals surface area contributed by atoms with Crippen LogP contribution >= 0.6 is 27.5 Å². The minimum atomic E-state index is -0.906. The Labute approximate surface area is 177 Å². The average molecular weight is 476 g/mol. The van der Waals surface area contributed by atoms with Crippen molar-refractivity contribution < 1.29 is 23.9 Å². The number of benzene rings is 1. The second-order valence-electron chi connectivity index (χ2n) is 6.86. The molecule has 1 atom stereocenters. The molecule has 1 aromatic rings. The molecular formula is C19H24BrClN2O5. The molecule has 0 bridgehead atoms. The van der Waals surface area contributed by atoms with Crippen LogP contribution in [0.5, 0.6) is 5.75 Å². The van der Waals surface area contributed by atoms with Crippen LogP contribution in [0.25, 0.3) is 0 Å². The van der Waals surface area contributed by atoms with E-state index in [1.54, 1.807) is 18.2 Å². The minimum Gasteiger partial charge on any atom is -0.482 e. The quantitative estimate of drug-likeness (QED) is 0.585. The minimum absolute atomic E-state index is 0.186. The molecule has 0 aliphatic carbocycles. The molecule has 1 aliphatic rings. The van der Waals surface area contributed by atoms with Crippen molar-refractivity contribution in [2.24, 2.45) is 5.92 Å². The molecule has 0 spiro atoms. The van der Waals surface area contributed by atoms with Gasteiger partial charge in [0.2, 0.25) is 5.91 Å². The van der Waals surface area contributed by atoms with Gasteiger partial charge in [-0.1, -0.05) is 41.4 Å². The Morgan fingerprint density at radius 2 is 2.14 bits per heavy atom. The summed E-state index contributed by atoms with van der Waals surface area (Å²) in [5.41, 5.74) is 0. The highest BCUT2D eigenvalue weighted by Crippen LogP contribution is 2.27. The lowest BCUT2D eigenvalue weighted by atomic mass is 10.1. The fourth-order valence-electron chi connectivity index (χ4n) is 2.66. The molecule has 0 aromatic heterocycles. The molecule has 1 fully saturated rings. The Morgan fingerprint density at radius 1 is 1.39 bits per heavy atom. The molecule has 9 heteroatoms. The van der Waals surface area contributed by atoms with Crippen LogP contribution in [0.4, 0.5) is 0 Å². The fourth-order valence-corrected chi connectivity index (χ4v) is 3.38. The van der Waals surface area contributed by atoms with E-state index >= 15 is 0 Å². The average Bonchev–Trinajstić information content (AvgIpc) is 2.62. The van der Waals surface area contributed by atoms with Crippen LogP contribution < -0.4 is 10.1 Å². The number of halogens is 2. The zero-order valence-electron chi connectivity index (χ0n) is 15.9. The van der Waals surface area contributed by atoms with Crippen molar-refractivity contribution in [2.45, 2.75) is 32.7 Å². The fraction of sp³-hybridized carbons (Fsp3) is 0.526. The van der Waals surface area contributed by atoms with Crippen LogP contribution in [0.1, 0.15) is 26.7 Å². The molecular weight excluding hydrogens is 452 g/mol. The van der Waals surface area contributed by atoms with Crippen molar-refractivity contribution in [3.05, 3.63) is 27.7 Å². The van der Waals surface area contributed by atoms with Gasteiger partial charge >= 0.3 is 5.97 Å². The van der Waals surface area contributed by atoms with Gasteiger partial charge in [-0.3, -0.25) is 14.4 Å². The number of nitrogens with zero attached hydrogens (tertiary/aromatic N) is 1. The van der Waals surface area contributed by atoms with Crippen LogP contribution in [0.2, 0.25) is 5.02 Å². The van der Waals surface area contributed by atoms with Crippen molar-refractivity contribution >= 4 is 45.3 Å². The van der Waals surface area contributed by atoms with Gasteiger partial charge in [-0.25, -0.2) is 0 Å². The summed E-state index contributed by atoms with van der Waals surface area (Å²) in [5.74, 6) is -0.496. The van der Waals surface area contributed by atoms with E-state index in [1.165, 1.54) is 4.90 Å². The highest BCUT2D eigenvalue weighted by atomic mass is 79.9. The Morgan fingerprint density at radius 3 is 2.82 bits per heavy atom. The molecule has 1 aromatic carbocycles. The standard InChI is InChI=1S/C19H24BrClN2O5/c1-12(2)5-8-27-18(25)10-15-19(26)22-6-7-23(15)17(24)11-28-16-4-3-13(20)9-14(16)21/h3-4,9,12,15H,5-8,10-11H2,1-2H3,(H,22,26). The molecule has 1 N–H and O–H groups in total. The second-order valence-corrected chi connectivity index (χ2v) is 8.19. The summed E-state index contributed by atoms with van der Waals surface area (Å²) in [6, 6.07) is 4.14. The molecule has 1 unspecified atom stereocenters. The molecule has 7 nitrogen and oxygen atoms in total. The molecule has 1 saturated heterocycles. The van der Waals surface area contributed by atoms with Crippen LogP contribution in [0.15, 0.2) is 22.7 Å². The lowest BCUT2D eigenvalue weighted by molar-refractivity contribution is -0.152. The van der Waals surface area contributed by atoms with Crippen molar-refractivity contribution in [1.29, 1.82) is 0 Å². The first-order chi connectivity index (χ1) is 13.3. The summed E-state index contributed by atoms with van der Waals surface area (Å²) in [4.78, 5) is 38.2. The lowest BCUT2D eigenvalue weighted by Gasteiger charge is -2.34. The summed E-state index contributed by atoms with van der Waals surface area (Å²) in [6.07, 6.45) is 0.557. The lowest BCUT2D eigenvalue weighted by Crippen LogP contribution is -2.58. The van der Waals surface area contributed by atoms with Gasteiger partial charge in [-0.15, -0.1) is 0 Å². The van der Waals surface area contributed by atoms with Gasteiger partial charge in [0.15, 0.2) is 6.61 Å². The number of carbonyl (C=O) groups excluding carboxylic acids is 3. The first-order valence-corrected chi connectivity index (χ1v) is 10.3. The largest absolute Gasteiger partial charge is 0.482 e. The Hall–Kier alpha value is -1.80. The monoisotopic (exact) mass is 474 g/mol. The smallest absolute Gasteiger partial charge is 0.308 e. The Balaban J connectivity index is 1.95. The van der Waals surface area contributed by atoms with Gasteiger partial charge < -0.3 is 19.7 Å². The molecule has 0 radical (unpaired) electrons. The van der Waals surface area contributed by atoms with E-state index in [9.17, 15) is 14.4 Å². The van der Waals surface area contributed by atoms with Gasteiger partial charge in [0.1, 0.15) is 11.8 Å². The highest BCUT2D eigenvalue weighted by Gasteiger charge is 2.35. The third kappa shape index (κ3) is 6.67. The third-order valence-corrected chi connectivity index (χ3v) is 5.00. The number of ether oxygens (including phenoxy) is 2. The van der Waals surface area contributed by atoms with Crippen LogP contribution in [-0.2, 0) is 19.1 Å². The number of hydrogen-bond donors (Lipinski definition) is 1. The summed E-state index contributed by atoms with van der Waals surface area (Å²) >= 11 is 9.38. The Bertz CT molecular complexity index is 728. The Kier molecular flexibility index (Phi) is 8.57. The highest BCUT2D eigenvalue weighted by molar-refractivity contribution is 9.10. The number of esters is 1. The maximum atomic E-state index is 12.6. The van der Waals surface area contributed by atoms with E-state index in [-0.39, 0.29) is 18.9 Å². The van der Waals surface area contributed by atoms with E-state index in [2.05, 4.69) is 21.2 Å². The van der Waals surface area contributed by atoms with E-state index in [0.717, 1.165) is 10.9 Å². The van der Waals surface area contributed by atoms with Gasteiger partial charge in [-0.2, -0.15) is 0 Å². The maximum absolute atomic E-state index is 12.6. The third-order valence-electron chi connectivity index (χ3n) is 4.21. The number of rotatable bonds is 8. The zero-order valence-corrected chi connectivity index (χ0v) is 18.2. The van der Waals surface area contributed by atoms with E-state index in [1.807, 2.05) is 13.8 Å². The van der Waals surface area contributed by atoms with Crippen molar-refractivity contribution in [1.82, 2.24) is 10.2 Å². The summed E-state index contributed by atoms with van der Waals surface area (Å²) in [6.45, 7) is 4.69. The van der Waals surface area contributed by atoms with Crippen molar-refractivity contribution in [2.75, 3.05) is 26.3 Å². The molecule has 154 valence electrons. The number of nitrogens with one attached hydrogen (secondary N) is 1. The first-order valence-electron chi connectivity index (χ1n) is 9.08. The first kappa shape index (κ1) is 22.5. The van der Waals surface area contributed by atoms with Gasteiger partial charge in [0, 0.05) is 17.6 Å². The van der Waals surface area contributed by atoms with Crippen molar-refractivity contribution in [3.63, 3.8) is 0 Å². The molecule has 2 rings (SSSR count). The number of carbonyl (C=O) groups is 3. The molecule has 1 aliphatic heterocycles. The number of amides is 2. The van der Waals surface area contributed by atoms with E-state index in [0.29, 0.717) is 36.4 Å². The van der Waals surface area contributed by atoms with Crippen LogP contribution in [0, 0.1) is 5.92 Å². The van der Waals surface area contributed by atoms with Gasteiger partial charge in [0.05, 0.1) is 18.1 Å². The van der Waals surface area contributed by atoms with Gasteiger partial charge in [0.25, 0.3) is 5.91 Å². The summed E-state index contributed by atoms with van der Waals surface area (Å²) < 4.78 is 11.5. The van der Waals surface area contributed by atoms with E-state index in [4.69, 9.17) is 21.1 Å². The van der Waals surface area contributed by atoms with E-state index < -0.39 is 17.9 Å². The molecule has 2 amide bonds. The van der Waals surface area contributed by atoms with Gasteiger partial charge in [-0.05, 0) is 30.5 Å². The number of piperazine rings is 1. The van der Waals surface area contributed by atoms with Crippen molar-refractivity contribution in [3.8, 4) is 5.75 Å². The topological polar surface area (TPSA) is 84.9 Å². The molecule has 28 heavy (non-hydrogen) atoms. The number of hydrogen-bond acceptors (Lipinski definition) is 5. The second kappa shape index (κ2) is 10.7. The maximum Gasteiger partial charge on any atom is 0.308 e. The summed E-state index contributed by atoms with van der Waals surface area (Å²) in [5, 5.41) is 3.04. The predicted molar refractivity (Wildman–Crippen MR) is 108 cm³/mol. The van der Waals surface area contributed by atoms with Crippen LogP contribution in [0.3, 0.4) is 0 Å². The zero-order chi connectivity index (χ0) is 20.7. The van der Waals surface area contributed by atoms with Crippen LogP contribution in [-0.4, -0.2) is 55.0 Å². The summed E-state index contributed by atoms with van der Waals surface area (Å²) in [7, 11) is 0. The predicted octanol–water partition coefficient (Wildman–Crippen LogP) is 2.79. The molecule has 0 saturated carbocycles. The molecule has 1 heterocycles.